The zero-order valence-corrected chi connectivity index (χ0v) is 11.3. The van der Waals surface area contributed by atoms with Crippen LogP contribution >= 0.6 is 0 Å². The molecule has 16 heavy (non-hydrogen) atoms. The summed E-state index contributed by atoms with van der Waals surface area (Å²) in [6, 6.07) is 0.294. The number of likely N-dealkylation sites (N-methyl/N-ethyl adjacent to an activating group) is 1. The molecule has 0 heterocycles. The van der Waals surface area contributed by atoms with Gasteiger partial charge in [0, 0.05) is 19.1 Å². The largest absolute Gasteiger partial charge is 0.395 e. The number of hydrogen-bond acceptors (Lipinski definition) is 3. The predicted octanol–water partition coefficient (Wildman–Crippen LogP) is 1.86. The summed E-state index contributed by atoms with van der Waals surface area (Å²) in [5.41, 5.74) is 0. The molecule has 0 fully saturated rings. The summed E-state index contributed by atoms with van der Waals surface area (Å²) in [4.78, 5) is 2.40. The van der Waals surface area contributed by atoms with Crippen molar-refractivity contribution < 1.29 is 5.11 Å². The van der Waals surface area contributed by atoms with Crippen molar-refractivity contribution in [2.45, 2.75) is 52.5 Å². The molecule has 0 rings (SSSR count). The van der Waals surface area contributed by atoms with Gasteiger partial charge in [-0.15, -0.1) is 0 Å². The standard InChI is InChI=1S/C13H30N2O/c1-4-7-8-9-13(12-16)14-10-11-15(5-2)6-3/h13-14,16H,4-12H2,1-3H3. The van der Waals surface area contributed by atoms with Crippen molar-refractivity contribution in [3.05, 3.63) is 0 Å². The Morgan fingerprint density at radius 1 is 1.12 bits per heavy atom. The smallest absolute Gasteiger partial charge is 0.0584 e. The third kappa shape index (κ3) is 8.08. The molecule has 1 atom stereocenters. The van der Waals surface area contributed by atoms with Crippen LogP contribution in [0.15, 0.2) is 0 Å². The van der Waals surface area contributed by atoms with Gasteiger partial charge in [-0.2, -0.15) is 0 Å². The molecule has 0 aliphatic rings. The predicted molar refractivity (Wildman–Crippen MR) is 70.8 cm³/mol. The molecular weight excluding hydrogens is 200 g/mol. The fraction of sp³-hybridized carbons (Fsp3) is 1.00. The van der Waals surface area contributed by atoms with Gasteiger partial charge in [0.1, 0.15) is 0 Å². The minimum atomic E-state index is 0.266. The van der Waals surface area contributed by atoms with Crippen LogP contribution in [-0.4, -0.2) is 48.8 Å². The molecule has 3 nitrogen and oxygen atoms in total. The lowest BCUT2D eigenvalue weighted by molar-refractivity contribution is 0.223. The van der Waals surface area contributed by atoms with Crippen LogP contribution in [0.5, 0.6) is 0 Å². The second-order valence-corrected chi connectivity index (χ2v) is 4.36. The van der Waals surface area contributed by atoms with Crippen molar-refractivity contribution in [1.82, 2.24) is 10.2 Å². The first-order valence-electron chi connectivity index (χ1n) is 6.84. The number of aliphatic hydroxyl groups is 1. The summed E-state index contributed by atoms with van der Waals surface area (Å²) >= 11 is 0. The molecule has 0 aromatic carbocycles. The summed E-state index contributed by atoms with van der Waals surface area (Å²) in [6.45, 7) is 11.1. The minimum Gasteiger partial charge on any atom is -0.395 e. The van der Waals surface area contributed by atoms with Gasteiger partial charge in [0.15, 0.2) is 0 Å². The topological polar surface area (TPSA) is 35.5 Å². The van der Waals surface area contributed by atoms with E-state index in [-0.39, 0.29) is 6.61 Å². The van der Waals surface area contributed by atoms with Crippen molar-refractivity contribution in [1.29, 1.82) is 0 Å². The maximum atomic E-state index is 9.23. The summed E-state index contributed by atoms with van der Waals surface area (Å²) in [5.74, 6) is 0. The number of rotatable bonds is 11. The Morgan fingerprint density at radius 3 is 2.31 bits per heavy atom. The van der Waals surface area contributed by atoms with Gasteiger partial charge in [-0.05, 0) is 19.5 Å². The highest BCUT2D eigenvalue weighted by Crippen LogP contribution is 2.02. The average molecular weight is 230 g/mol. The SMILES string of the molecule is CCCCCC(CO)NCCN(CC)CC. The van der Waals surface area contributed by atoms with E-state index < -0.39 is 0 Å². The lowest BCUT2D eigenvalue weighted by Gasteiger charge is -2.21. The molecule has 3 heteroatoms. The molecule has 0 bridgehead atoms. The fourth-order valence-electron chi connectivity index (χ4n) is 1.87. The maximum Gasteiger partial charge on any atom is 0.0584 e. The highest BCUT2D eigenvalue weighted by Gasteiger charge is 2.06. The van der Waals surface area contributed by atoms with Crippen molar-refractivity contribution >= 4 is 0 Å². The minimum absolute atomic E-state index is 0.266. The van der Waals surface area contributed by atoms with Gasteiger partial charge in [-0.25, -0.2) is 0 Å². The van der Waals surface area contributed by atoms with Crippen LogP contribution in [0.4, 0.5) is 0 Å². The molecule has 0 aliphatic carbocycles. The summed E-state index contributed by atoms with van der Waals surface area (Å²) in [5, 5.41) is 12.7. The van der Waals surface area contributed by atoms with Gasteiger partial charge in [0.05, 0.1) is 6.61 Å². The third-order valence-corrected chi connectivity index (χ3v) is 3.13. The van der Waals surface area contributed by atoms with E-state index >= 15 is 0 Å². The first kappa shape index (κ1) is 15.9. The van der Waals surface area contributed by atoms with Crippen LogP contribution in [0.2, 0.25) is 0 Å². The van der Waals surface area contributed by atoms with Gasteiger partial charge < -0.3 is 15.3 Å². The van der Waals surface area contributed by atoms with Gasteiger partial charge in [-0.1, -0.05) is 40.0 Å². The first-order chi connectivity index (χ1) is 7.78. The van der Waals surface area contributed by atoms with Gasteiger partial charge in [0.2, 0.25) is 0 Å². The molecule has 0 radical (unpaired) electrons. The zero-order valence-electron chi connectivity index (χ0n) is 11.3. The Hall–Kier alpha value is -0.120. The van der Waals surface area contributed by atoms with Crippen LogP contribution < -0.4 is 5.32 Å². The molecule has 98 valence electrons. The van der Waals surface area contributed by atoms with Crippen LogP contribution in [0, 0.1) is 0 Å². The van der Waals surface area contributed by atoms with E-state index in [9.17, 15) is 5.11 Å². The normalized spacial score (nSPS) is 13.3. The Balaban J connectivity index is 3.53. The van der Waals surface area contributed by atoms with Crippen molar-refractivity contribution in [3.8, 4) is 0 Å². The van der Waals surface area contributed by atoms with E-state index in [1.54, 1.807) is 0 Å². The number of aliphatic hydroxyl groups excluding tert-OH is 1. The van der Waals surface area contributed by atoms with Crippen LogP contribution in [0.1, 0.15) is 46.5 Å². The van der Waals surface area contributed by atoms with E-state index in [4.69, 9.17) is 0 Å². The summed E-state index contributed by atoms with van der Waals surface area (Å²) in [6.07, 6.45) is 4.84. The molecule has 0 saturated heterocycles. The lowest BCUT2D eigenvalue weighted by Crippen LogP contribution is -2.39. The Labute approximate surface area is 101 Å². The Morgan fingerprint density at radius 2 is 1.81 bits per heavy atom. The zero-order chi connectivity index (χ0) is 12.2. The first-order valence-corrected chi connectivity index (χ1v) is 6.84. The quantitative estimate of drug-likeness (QED) is 0.532. The maximum absolute atomic E-state index is 9.23. The third-order valence-electron chi connectivity index (χ3n) is 3.13. The van der Waals surface area contributed by atoms with Crippen LogP contribution in [0.3, 0.4) is 0 Å². The van der Waals surface area contributed by atoms with Gasteiger partial charge >= 0.3 is 0 Å². The van der Waals surface area contributed by atoms with Crippen LogP contribution in [-0.2, 0) is 0 Å². The lowest BCUT2D eigenvalue weighted by atomic mass is 10.1. The highest BCUT2D eigenvalue weighted by atomic mass is 16.3. The van der Waals surface area contributed by atoms with E-state index in [1.165, 1.54) is 19.3 Å². The Bertz CT molecular complexity index is 138. The molecule has 0 saturated carbocycles. The second kappa shape index (κ2) is 11.4. The second-order valence-electron chi connectivity index (χ2n) is 4.36. The van der Waals surface area contributed by atoms with Crippen molar-refractivity contribution in [3.63, 3.8) is 0 Å². The number of hydrogen-bond donors (Lipinski definition) is 2. The van der Waals surface area contributed by atoms with Crippen LogP contribution in [0.25, 0.3) is 0 Å². The van der Waals surface area contributed by atoms with E-state index in [0.29, 0.717) is 6.04 Å². The molecule has 0 amide bonds. The molecule has 0 aromatic rings. The Kier molecular flexibility index (Phi) is 11.3. The number of unbranched alkanes of at least 4 members (excludes halogenated alkanes) is 2. The van der Waals surface area contributed by atoms with E-state index in [1.807, 2.05) is 0 Å². The van der Waals surface area contributed by atoms with E-state index in [0.717, 1.165) is 32.6 Å². The highest BCUT2D eigenvalue weighted by molar-refractivity contribution is 4.66. The fourth-order valence-corrected chi connectivity index (χ4v) is 1.87. The molecule has 0 aromatic heterocycles. The van der Waals surface area contributed by atoms with Gasteiger partial charge in [-0.3, -0.25) is 0 Å². The monoisotopic (exact) mass is 230 g/mol. The summed E-state index contributed by atoms with van der Waals surface area (Å²) < 4.78 is 0. The molecule has 2 N–H and O–H groups in total. The molecule has 0 aliphatic heterocycles. The average Bonchev–Trinajstić information content (AvgIpc) is 2.32. The number of nitrogens with zero attached hydrogens (tertiary/aromatic N) is 1. The molecule has 1 unspecified atom stereocenters. The van der Waals surface area contributed by atoms with Gasteiger partial charge in [0.25, 0.3) is 0 Å². The number of nitrogens with one attached hydrogen (secondary N) is 1. The molecule has 0 spiro atoms. The molecular formula is C13H30N2O. The van der Waals surface area contributed by atoms with Crippen molar-refractivity contribution in [2.24, 2.45) is 0 Å². The summed E-state index contributed by atoms with van der Waals surface area (Å²) in [7, 11) is 0. The van der Waals surface area contributed by atoms with Crippen molar-refractivity contribution in [2.75, 3.05) is 32.8 Å². The van der Waals surface area contributed by atoms with E-state index in [2.05, 4.69) is 31.0 Å².